The molecule has 3 aromatic rings. The second kappa shape index (κ2) is 11.0. The van der Waals surface area contributed by atoms with Crippen LogP contribution in [0.2, 0.25) is 0 Å². The number of anilines is 1. The fourth-order valence-electron chi connectivity index (χ4n) is 4.57. The van der Waals surface area contributed by atoms with E-state index in [-0.39, 0.29) is 34.8 Å². The minimum Gasteiger partial charge on any atom is -0.497 e. The van der Waals surface area contributed by atoms with Crippen LogP contribution in [0.1, 0.15) is 61.7 Å². The van der Waals surface area contributed by atoms with E-state index in [4.69, 9.17) is 9.84 Å². The van der Waals surface area contributed by atoms with Crippen molar-refractivity contribution in [3.63, 3.8) is 0 Å². The van der Waals surface area contributed by atoms with Gasteiger partial charge in [-0.3, -0.25) is 14.5 Å². The molecule has 1 aromatic heterocycles. The van der Waals surface area contributed by atoms with E-state index in [1.807, 2.05) is 48.0 Å². The molecule has 8 heteroatoms. The number of thioether (sulfide) groups is 1. The first-order valence-corrected chi connectivity index (χ1v) is 13.7. The summed E-state index contributed by atoms with van der Waals surface area (Å²) < 4.78 is 7.19. The highest BCUT2D eigenvalue weighted by Crippen LogP contribution is 2.49. The van der Waals surface area contributed by atoms with Gasteiger partial charge in [-0.1, -0.05) is 52.0 Å². The maximum Gasteiger partial charge on any atom is 0.240 e. The molecule has 7 nitrogen and oxygen atoms in total. The van der Waals surface area contributed by atoms with Gasteiger partial charge in [-0.25, -0.2) is 4.68 Å². The Labute approximate surface area is 223 Å². The predicted molar refractivity (Wildman–Crippen MR) is 150 cm³/mol. The monoisotopic (exact) mass is 520 g/mol. The summed E-state index contributed by atoms with van der Waals surface area (Å²) in [6, 6.07) is 15.9. The van der Waals surface area contributed by atoms with Crippen molar-refractivity contribution in [2.45, 2.75) is 51.7 Å². The van der Waals surface area contributed by atoms with E-state index < -0.39 is 0 Å². The third-order valence-electron chi connectivity index (χ3n) is 6.46. The van der Waals surface area contributed by atoms with Gasteiger partial charge in [0.05, 0.1) is 29.5 Å². The van der Waals surface area contributed by atoms with Crippen molar-refractivity contribution >= 4 is 29.4 Å². The van der Waals surface area contributed by atoms with Crippen molar-refractivity contribution in [1.82, 2.24) is 15.1 Å². The fourth-order valence-corrected chi connectivity index (χ4v) is 5.86. The third kappa shape index (κ3) is 5.54. The van der Waals surface area contributed by atoms with Crippen LogP contribution in [0.5, 0.6) is 5.75 Å². The van der Waals surface area contributed by atoms with Crippen LogP contribution in [0.25, 0.3) is 5.69 Å². The molecule has 196 valence electrons. The summed E-state index contributed by atoms with van der Waals surface area (Å²) >= 11 is 1.60. The summed E-state index contributed by atoms with van der Waals surface area (Å²) in [5.41, 5.74) is 4.70. The number of amides is 2. The zero-order valence-corrected chi connectivity index (χ0v) is 23.3. The topological polar surface area (TPSA) is 76.5 Å². The Hall–Kier alpha value is -3.26. The average molecular weight is 521 g/mol. The van der Waals surface area contributed by atoms with Gasteiger partial charge in [0.1, 0.15) is 18.1 Å². The lowest BCUT2D eigenvalue weighted by molar-refractivity contribution is -0.122. The molecular formula is C29H36N4O3S. The molecule has 1 unspecified atom stereocenters. The lowest BCUT2D eigenvalue weighted by atomic mass is 9.86. The molecule has 1 N–H and O–H groups in total. The molecule has 0 saturated heterocycles. The Kier molecular flexibility index (Phi) is 7.97. The Balaban J connectivity index is 2.00. The molecule has 0 radical (unpaired) electrons. The smallest absolute Gasteiger partial charge is 0.240 e. The van der Waals surface area contributed by atoms with Crippen molar-refractivity contribution in [3.8, 4) is 11.4 Å². The van der Waals surface area contributed by atoms with Crippen molar-refractivity contribution in [2.24, 2.45) is 0 Å². The van der Waals surface area contributed by atoms with E-state index in [0.717, 1.165) is 40.2 Å². The number of nitrogens with zero attached hydrogens (tertiary/aromatic N) is 3. The average Bonchev–Trinajstić information content (AvgIpc) is 3.22. The van der Waals surface area contributed by atoms with Gasteiger partial charge in [-0.15, -0.1) is 11.8 Å². The van der Waals surface area contributed by atoms with Crippen LogP contribution < -0.4 is 15.0 Å². The van der Waals surface area contributed by atoms with E-state index in [2.05, 4.69) is 45.1 Å². The predicted octanol–water partition coefficient (Wildman–Crippen LogP) is 5.18. The fraction of sp³-hybridized carbons (Fsp3) is 0.414. The van der Waals surface area contributed by atoms with Crippen molar-refractivity contribution < 1.29 is 14.3 Å². The van der Waals surface area contributed by atoms with Crippen molar-refractivity contribution in [1.29, 1.82) is 0 Å². The van der Waals surface area contributed by atoms with Crippen LogP contribution in [0.3, 0.4) is 0 Å². The number of nitrogens with one attached hydrogen (secondary N) is 1. The zero-order valence-electron chi connectivity index (χ0n) is 22.5. The summed E-state index contributed by atoms with van der Waals surface area (Å²) in [6.45, 7) is 11.0. The first-order chi connectivity index (χ1) is 17.7. The number of benzene rings is 2. The molecule has 0 spiro atoms. The molecule has 0 fully saturated rings. The van der Waals surface area contributed by atoms with E-state index in [1.165, 1.54) is 0 Å². The summed E-state index contributed by atoms with van der Waals surface area (Å²) in [7, 11) is 1.63. The Bertz CT molecular complexity index is 1280. The maximum absolute atomic E-state index is 13.7. The SMILES string of the molecule is CCCNC(=O)CN1C(=O)CSC(c2ccccc2C)c2c(C(C)(C)C)nn(-c3ccc(OC)cc3)c21. The Morgan fingerprint density at radius 2 is 1.86 bits per heavy atom. The number of ether oxygens (including phenoxy) is 1. The van der Waals surface area contributed by atoms with E-state index in [1.54, 1.807) is 23.8 Å². The number of methoxy groups -OCH3 is 1. The number of aromatic nitrogens is 2. The molecule has 4 rings (SSSR count). The van der Waals surface area contributed by atoms with Gasteiger partial charge in [0, 0.05) is 17.5 Å². The number of aryl methyl sites for hydroxylation is 1. The van der Waals surface area contributed by atoms with Crippen LogP contribution in [0.15, 0.2) is 48.5 Å². The molecule has 37 heavy (non-hydrogen) atoms. The lowest BCUT2D eigenvalue weighted by Gasteiger charge is -2.25. The van der Waals surface area contributed by atoms with Gasteiger partial charge >= 0.3 is 0 Å². The minimum absolute atomic E-state index is 0.0572. The van der Waals surface area contributed by atoms with Gasteiger partial charge < -0.3 is 10.1 Å². The summed E-state index contributed by atoms with van der Waals surface area (Å²) in [5, 5.41) is 7.95. The second-order valence-electron chi connectivity index (χ2n) is 10.3. The molecule has 2 amide bonds. The lowest BCUT2D eigenvalue weighted by Crippen LogP contribution is -2.42. The molecule has 0 aliphatic carbocycles. The largest absolute Gasteiger partial charge is 0.497 e. The number of carbonyl (C=O) groups is 2. The minimum atomic E-state index is -0.299. The first-order valence-electron chi connectivity index (χ1n) is 12.7. The van der Waals surface area contributed by atoms with Crippen LogP contribution in [-0.2, 0) is 15.0 Å². The Morgan fingerprint density at radius 1 is 1.16 bits per heavy atom. The van der Waals surface area contributed by atoms with Crippen LogP contribution in [0, 0.1) is 6.92 Å². The molecule has 1 aliphatic heterocycles. The Morgan fingerprint density at radius 3 is 2.49 bits per heavy atom. The van der Waals surface area contributed by atoms with Crippen LogP contribution in [0.4, 0.5) is 5.82 Å². The molecule has 2 heterocycles. The quantitative estimate of drug-likeness (QED) is 0.464. The number of hydrogen-bond acceptors (Lipinski definition) is 5. The summed E-state index contributed by atoms with van der Waals surface area (Å²) in [5.74, 6) is 1.37. The zero-order chi connectivity index (χ0) is 26.7. The molecule has 0 saturated carbocycles. The van der Waals surface area contributed by atoms with Gasteiger partial charge in [0.25, 0.3) is 0 Å². The summed E-state index contributed by atoms with van der Waals surface area (Å²) in [6.07, 6.45) is 0.827. The number of fused-ring (bicyclic) bond motifs is 1. The van der Waals surface area contributed by atoms with Gasteiger partial charge in [-0.2, -0.15) is 5.10 Å². The molecule has 1 aliphatic rings. The molecule has 0 bridgehead atoms. The van der Waals surface area contributed by atoms with Crippen LogP contribution >= 0.6 is 11.8 Å². The first kappa shape index (κ1) is 26.8. The van der Waals surface area contributed by atoms with E-state index >= 15 is 0 Å². The molecule has 1 atom stereocenters. The molecular weight excluding hydrogens is 484 g/mol. The van der Waals surface area contributed by atoms with E-state index in [0.29, 0.717) is 12.4 Å². The number of hydrogen-bond donors (Lipinski definition) is 1. The second-order valence-corrected chi connectivity index (χ2v) is 11.4. The highest BCUT2D eigenvalue weighted by molar-refractivity contribution is 8.00. The highest BCUT2D eigenvalue weighted by Gasteiger charge is 2.40. The van der Waals surface area contributed by atoms with Crippen molar-refractivity contribution in [2.75, 3.05) is 30.9 Å². The number of carbonyl (C=O) groups excluding carboxylic acids is 2. The van der Waals surface area contributed by atoms with Gasteiger partial charge in [0.2, 0.25) is 11.8 Å². The van der Waals surface area contributed by atoms with E-state index in [9.17, 15) is 9.59 Å². The maximum atomic E-state index is 13.7. The normalized spacial score (nSPS) is 15.8. The summed E-state index contributed by atoms with van der Waals surface area (Å²) in [4.78, 5) is 28.2. The van der Waals surface area contributed by atoms with Crippen LogP contribution in [-0.4, -0.2) is 47.5 Å². The third-order valence-corrected chi connectivity index (χ3v) is 7.70. The highest BCUT2D eigenvalue weighted by atomic mass is 32.2. The molecule has 2 aromatic carbocycles. The standard InChI is InChI=1S/C29H36N4O3S/c1-7-16-30-23(34)17-32-24(35)18-37-26(22-11-9-8-10-19(22)2)25-27(29(3,4)5)31-33(28(25)32)20-12-14-21(36-6)15-13-20/h8-15,26H,7,16-18H2,1-6H3,(H,30,34). The van der Waals surface area contributed by atoms with Crippen molar-refractivity contribution in [3.05, 3.63) is 70.9 Å². The number of rotatable bonds is 7. The van der Waals surface area contributed by atoms with Gasteiger partial charge in [-0.05, 0) is 48.7 Å². The van der Waals surface area contributed by atoms with Gasteiger partial charge in [0.15, 0.2) is 0 Å².